The van der Waals surface area contributed by atoms with E-state index < -0.39 is 0 Å². The summed E-state index contributed by atoms with van der Waals surface area (Å²) in [6.45, 7) is 1.93. The maximum atomic E-state index is 6.11. The normalized spacial score (nSPS) is 23.1. The maximum Gasteiger partial charge on any atom is 0.161 e. The first-order chi connectivity index (χ1) is 10.4. The molecule has 21 heavy (non-hydrogen) atoms. The summed E-state index contributed by atoms with van der Waals surface area (Å²) in [7, 11) is 0. The zero-order valence-corrected chi connectivity index (χ0v) is 12.9. The molecule has 0 aromatic heterocycles. The molecule has 1 saturated heterocycles. The van der Waals surface area contributed by atoms with Gasteiger partial charge in [0.1, 0.15) is 0 Å². The van der Waals surface area contributed by atoms with Crippen molar-refractivity contribution < 1.29 is 9.47 Å². The first kappa shape index (κ1) is 14.7. The predicted molar refractivity (Wildman–Crippen MR) is 85.1 cm³/mol. The molecular weight excluding hydrogens is 262 g/mol. The number of hydrogen-bond acceptors (Lipinski definition) is 3. The zero-order valence-electron chi connectivity index (χ0n) is 12.9. The Balaban J connectivity index is 1.49. The predicted octanol–water partition coefficient (Wildman–Crippen LogP) is 3.92. The van der Waals surface area contributed by atoms with Crippen LogP contribution in [0.25, 0.3) is 0 Å². The summed E-state index contributed by atoms with van der Waals surface area (Å²) in [6.07, 6.45) is 10.4. The highest BCUT2D eigenvalue weighted by Gasteiger charge is 2.18. The molecule has 3 heteroatoms. The summed E-state index contributed by atoms with van der Waals surface area (Å²) < 4.78 is 12.1. The van der Waals surface area contributed by atoms with Crippen LogP contribution in [0.2, 0.25) is 0 Å². The van der Waals surface area contributed by atoms with E-state index in [0.29, 0.717) is 12.1 Å². The second-order valence-electron chi connectivity index (χ2n) is 6.26. The molecule has 2 aliphatic rings. The van der Waals surface area contributed by atoms with Gasteiger partial charge in [-0.2, -0.15) is 0 Å². The molecule has 0 bridgehead atoms. The van der Waals surface area contributed by atoms with Gasteiger partial charge in [0, 0.05) is 6.04 Å². The number of rotatable bonds is 6. The van der Waals surface area contributed by atoms with E-state index in [1.807, 2.05) is 24.3 Å². The van der Waals surface area contributed by atoms with Gasteiger partial charge in [0.05, 0.1) is 12.7 Å². The number of nitrogens with one attached hydrogen (secondary N) is 1. The molecule has 2 fully saturated rings. The van der Waals surface area contributed by atoms with Crippen LogP contribution < -0.4 is 14.8 Å². The lowest BCUT2D eigenvalue weighted by Crippen LogP contribution is -2.35. The van der Waals surface area contributed by atoms with Crippen LogP contribution in [-0.2, 0) is 0 Å². The van der Waals surface area contributed by atoms with Gasteiger partial charge in [0.25, 0.3) is 0 Å². The minimum Gasteiger partial charge on any atom is -0.490 e. The Kier molecular flexibility index (Phi) is 5.39. The minimum absolute atomic E-state index is 0.384. The molecule has 1 N–H and O–H groups in total. The highest BCUT2D eigenvalue weighted by Crippen LogP contribution is 2.31. The highest BCUT2D eigenvalue weighted by atomic mass is 16.5. The summed E-state index contributed by atoms with van der Waals surface area (Å²) in [4.78, 5) is 0. The summed E-state index contributed by atoms with van der Waals surface area (Å²) in [5.74, 6) is 1.82. The fourth-order valence-corrected chi connectivity index (χ4v) is 3.33. The first-order valence-corrected chi connectivity index (χ1v) is 8.54. The monoisotopic (exact) mass is 289 g/mol. The van der Waals surface area contributed by atoms with E-state index in [4.69, 9.17) is 9.47 Å². The molecule has 1 aromatic carbocycles. The number of para-hydroxylation sites is 2. The van der Waals surface area contributed by atoms with E-state index >= 15 is 0 Å². The molecule has 1 atom stereocenters. The molecule has 1 heterocycles. The van der Waals surface area contributed by atoms with E-state index in [9.17, 15) is 0 Å². The smallest absolute Gasteiger partial charge is 0.161 e. The molecular formula is C18H27NO2. The summed E-state index contributed by atoms with van der Waals surface area (Å²) in [5, 5.41) is 3.57. The zero-order chi connectivity index (χ0) is 14.3. The Labute approximate surface area is 128 Å². The van der Waals surface area contributed by atoms with Gasteiger partial charge in [-0.1, -0.05) is 18.6 Å². The SMILES string of the molecule is c1ccc(OC2CCCC2)c(OCCC2CCCCN2)c1. The van der Waals surface area contributed by atoms with Crippen LogP contribution in [-0.4, -0.2) is 25.3 Å². The van der Waals surface area contributed by atoms with Crippen molar-refractivity contribution in [3.63, 3.8) is 0 Å². The Hall–Kier alpha value is -1.22. The topological polar surface area (TPSA) is 30.5 Å². The lowest BCUT2D eigenvalue weighted by molar-refractivity contribution is 0.191. The molecule has 3 nitrogen and oxygen atoms in total. The molecule has 1 aliphatic carbocycles. The Morgan fingerprint density at radius 3 is 2.48 bits per heavy atom. The van der Waals surface area contributed by atoms with Gasteiger partial charge < -0.3 is 14.8 Å². The Morgan fingerprint density at radius 1 is 0.952 bits per heavy atom. The maximum absolute atomic E-state index is 6.11. The van der Waals surface area contributed by atoms with Crippen molar-refractivity contribution >= 4 is 0 Å². The third-order valence-electron chi connectivity index (χ3n) is 4.58. The molecule has 1 unspecified atom stereocenters. The van der Waals surface area contributed by atoms with E-state index in [2.05, 4.69) is 5.32 Å². The number of ether oxygens (including phenoxy) is 2. The van der Waals surface area contributed by atoms with Crippen molar-refractivity contribution in [1.82, 2.24) is 5.32 Å². The average Bonchev–Trinajstić information content (AvgIpc) is 3.03. The fraction of sp³-hybridized carbons (Fsp3) is 0.667. The molecule has 1 aliphatic heterocycles. The molecule has 0 radical (unpaired) electrons. The summed E-state index contributed by atoms with van der Waals surface area (Å²) in [6, 6.07) is 8.74. The molecule has 0 spiro atoms. The first-order valence-electron chi connectivity index (χ1n) is 8.54. The molecule has 1 saturated carbocycles. The van der Waals surface area contributed by atoms with Gasteiger partial charge >= 0.3 is 0 Å². The molecule has 1 aromatic rings. The van der Waals surface area contributed by atoms with Crippen molar-refractivity contribution in [2.75, 3.05) is 13.2 Å². The minimum atomic E-state index is 0.384. The molecule has 0 amide bonds. The van der Waals surface area contributed by atoms with Gasteiger partial charge in [0.2, 0.25) is 0 Å². The largest absolute Gasteiger partial charge is 0.490 e. The van der Waals surface area contributed by atoms with Gasteiger partial charge in [-0.3, -0.25) is 0 Å². The standard InChI is InChI=1S/C18H27NO2/c1-2-9-16(8-1)21-18-11-4-3-10-17(18)20-14-12-15-7-5-6-13-19-15/h3-4,10-11,15-16,19H,1-2,5-9,12-14H2. The molecule has 3 rings (SSSR count). The van der Waals surface area contributed by atoms with Crippen molar-refractivity contribution in [2.45, 2.75) is 63.5 Å². The van der Waals surface area contributed by atoms with Crippen molar-refractivity contribution in [3.8, 4) is 11.5 Å². The third kappa shape index (κ3) is 4.37. The van der Waals surface area contributed by atoms with E-state index in [1.165, 1.54) is 44.9 Å². The Bertz CT molecular complexity index is 423. The number of piperidine rings is 1. The van der Waals surface area contributed by atoms with E-state index in [-0.39, 0.29) is 0 Å². The highest BCUT2D eigenvalue weighted by molar-refractivity contribution is 5.39. The number of hydrogen-bond donors (Lipinski definition) is 1. The summed E-state index contributed by atoms with van der Waals surface area (Å²) in [5.41, 5.74) is 0. The van der Waals surface area contributed by atoms with Gasteiger partial charge in [-0.25, -0.2) is 0 Å². The quantitative estimate of drug-likeness (QED) is 0.861. The lowest BCUT2D eigenvalue weighted by Gasteiger charge is -2.23. The van der Waals surface area contributed by atoms with Crippen molar-refractivity contribution in [3.05, 3.63) is 24.3 Å². The van der Waals surface area contributed by atoms with Crippen LogP contribution in [0, 0.1) is 0 Å². The van der Waals surface area contributed by atoms with E-state index in [1.54, 1.807) is 0 Å². The number of benzene rings is 1. The van der Waals surface area contributed by atoms with Crippen molar-refractivity contribution in [2.24, 2.45) is 0 Å². The van der Waals surface area contributed by atoms with Crippen LogP contribution >= 0.6 is 0 Å². The lowest BCUT2D eigenvalue weighted by atomic mass is 10.0. The van der Waals surface area contributed by atoms with Crippen LogP contribution in [0.1, 0.15) is 51.4 Å². The Morgan fingerprint density at radius 2 is 1.71 bits per heavy atom. The van der Waals surface area contributed by atoms with Gasteiger partial charge in [-0.05, 0) is 63.6 Å². The fourth-order valence-electron chi connectivity index (χ4n) is 3.33. The van der Waals surface area contributed by atoms with Crippen LogP contribution in [0.3, 0.4) is 0 Å². The van der Waals surface area contributed by atoms with Crippen LogP contribution in [0.15, 0.2) is 24.3 Å². The average molecular weight is 289 g/mol. The molecule has 116 valence electrons. The van der Waals surface area contributed by atoms with Crippen LogP contribution in [0.4, 0.5) is 0 Å². The third-order valence-corrected chi connectivity index (χ3v) is 4.58. The second kappa shape index (κ2) is 7.69. The van der Waals surface area contributed by atoms with Crippen LogP contribution in [0.5, 0.6) is 11.5 Å². The second-order valence-corrected chi connectivity index (χ2v) is 6.26. The van der Waals surface area contributed by atoms with Gasteiger partial charge in [0.15, 0.2) is 11.5 Å². The van der Waals surface area contributed by atoms with Crippen molar-refractivity contribution in [1.29, 1.82) is 0 Å². The summed E-state index contributed by atoms with van der Waals surface area (Å²) >= 11 is 0. The van der Waals surface area contributed by atoms with E-state index in [0.717, 1.165) is 31.1 Å². The van der Waals surface area contributed by atoms with Gasteiger partial charge in [-0.15, -0.1) is 0 Å².